The number of benzene rings is 1. The Hall–Kier alpha value is -2.21. The summed E-state index contributed by atoms with van der Waals surface area (Å²) in [5.41, 5.74) is 0.872. The summed E-state index contributed by atoms with van der Waals surface area (Å²) in [6.07, 6.45) is 0. The molecule has 0 atom stereocenters. The fourth-order valence-corrected chi connectivity index (χ4v) is 1.35. The third kappa shape index (κ3) is 4.89. The first kappa shape index (κ1) is 14.8. The summed E-state index contributed by atoms with van der Waals surface area (Å²) in [5.74, 6) is -1.64. The van der Waals surface area contributed by atoms with E-state index in [1.165, 1.54) is 20.1 Å². The minimum absolute atomic E-state index is 0.111. The summed E-state index contributed by atoms with van der Waals surface area (Å²) in [6.45, 7) is 2.02. The van der Waals surface area contributed by atoms with E-state index in [1.54, 1.807) is 18.2 Å². The molecule has 6 nitrogen and oxygen atoms in total. The van der Waals surface area contributed by atoms with Gasteiger partial charge in [0.05, 0.1) is 6.61 Å². The Balaban J connectivity index is 2.59. The Morgan fingerprint density at radius 2 is 1.95 bits per heavy atom. The lowest BCUT2D eigenvalue weighted by Crippen LogP contribution is -2.37. The van der Waals surface area contributed by atoms with Gasteiger partial charge in [-0.15, -0.1) is 0 Å². The molecule has 6 heteroatoms. The number of carbonyl (C=O) groups is 3. The Morgan fingerprint density at radius 3 is 2.58 bits per heavy atom. The molecule has 0 heterocycles. The van der Waals surface area contributed by atoms with Crippen molar-refractivity contribution in [2.45, 2.75) is 6.92 Å². The Kier molecular flexibility index (Phi) is 5.69. The number of rotatable bonds is 5. The molecule has 2 N–H and O–H groups in total. The molecule has 0 spiro atoms. The van der Waals surface area contributed by atoms with Crippen LogP contribution in [0.5, 0.6) is 0 Å². The molecule has 1 aromatic carbocycles. The van der Waals surface area contributed by atoms with Crippen LogP contribution in [0, 0.1) is 0 Å². The van der Waals surface area contributed by atoms with E-state index in [0.29, 0.717) is 17.9 Å². The Bertz CT molecular complexity index is 485. The van der Waals surface area contributed by atoms with Crippen LogP contribution < -0.4 is 10.6 Å². The van der Waals surface area contributed by atoms with Crippen LogP contribution in [0.25, 0.3) is 0 Å². The fourth-order valence-electron chi connectivity index (χ4n) is 1.35. The van der Waals surface area contributed by atoms with Gasteiger partial charge in [0.25, 0.3) is 0 Å². The molecular weight excluding hydrogens is 248 g/mol. The van der Waals surface area contributed by atoms with Gasteiger partial charge < -0.3 is 15.4 Å². The van der Waals surface area contributed by atoms with Crippen molar-refractivity contribution in [2.75, 3.05) is 25.6 Å². The first-order chi connectivity index (χ1) is 9.04. The highest BCUT2D eigenvalue weighted by atomic mass is 16.5. The van der Waals surface area contributed by atoms with Gasteiger partial charge in [-0.1, -0.05) is 12.1 Å². The number of hydrogen-bond acceptors (Lipinski definition) is 4. The van der Waals surface area contributed by atoms with Crippen LogP contribution in [0.2, 0.25) is 0 Å². The summed E-state index contributed by atoms with van der Waals surface area (Å²) < 4.78 is 4.75. The Labute approximate surface area is 111 Å². The van der Waals surface area contributed by atoms with E-state index in [9.17, 15) is 14.4 Å². The molecule has 2 amide bonds. The van der Waals surface area contributed by atoms with Gasteiger partial charge in [-0.25, -0.2) is 0 Å². The number of ether oxygens (including phenoxy) is 1. The molecule has 0 aliphatic rings. The molecule has 0 saturated carbocycles. The zero-order valence-electron chi connectivity index (χ0n) is 10.9. The summed E-state index contributed by atoms with van der Waals surface area (Å²) in [5, 5.41) is 4.82. The van der Waals surface area contributed by atoms with Crippen molar-refractivity contribution in [3.8, 4) is 0 Å². The highest BCUT2D eigenvalue weighted by molar-refractivity contribution is 6.39. The lowest BCUT2D eigenvalue weighted by Gasteiger charge is -2.06. The van der Waals surface area contributed by atoms with Crippen LogP contribution in [-0.2, 0) is 14.3 Å². The average molecular weight is 264 g/mol. The number of hydrogen-bond donors (Lipinski definition) is 2. The SMILES string of the molecule is COCCNC(=O)C(=O)Nc1cccc(C(C)=O)c1. The molecule has 0 radical (unpaired) electrons. The Morgan fingerprint density at radius 1 is 1.21 bits per heavy atom. The fraction of sp³-hybridized carbons (Fsp3) is 0.308. The lowest BCUT2D eigenvalue weighted by atomic mass is 10.1. The highest BCUT2D eigenvalue weighted by Gasteiger charge is 2.13. The number of Topliss-reactive ketones (excluding diaryl/α,β-unsaturated/α-hetero) is 1. The molecule has 0 aliphatic carbocycles. The van der Waals surface area contributed by atoms with Gasteiger partial charge in [-0.3, -0.25) is 14.4 Å². The predicted molar refractivity (Wildman–Crippen MR) is 70.0 cm³/mol. The first-order valence-corrected chi connectivity index (χ1v) is 5.73. The molecule has 1 rings (SSSR count). The van der Waals surface area contributed by atoms with Gasteiger partial charge in [-0.05, 0) is 19.1 Å². The number of methoxy groups -OCH3 is 1. The monoisotopic (exact) mass is 264 g/mol. The molecule has 0 saturated heterocycles. The molecule has 0 aromatic heterocycles. The third-order valence-electron chi connectivity index (χ3n) is 2.32. The topological polar surface area (TPSA) is 84.5 Å². The number of nitrogens with one attached hydrogen (secondary N) is 2. The lowest BCUT2D eigenvalue weighted by molar-refractivity contribution is -0.136. The van der Waals surface area contributed by atoms with E-state index in [2.05, 4.69) is 10.6 Å². The zero-order chi connectivity index (χ0) is 14.3. The summed E-state index contributed by atoms with van der Waals surface area (Å²) >= 11 is 0. The van der Waals surface area contributed by atoms with E-state index in [-0.39, 0.29) is 12.3 Å². The molecule has 0 fully saturated rings. The predicted octanol–water partition coefficient (Wildman–Crippen LogP) is 0.590. The molecule has 102 valence electrons. The second-order valence-electron chi connectivity index (χ2n) is 3.84. The van der Waals surface area contributed by atoms with Gasteiger partial charge in [0, 0.05) is 24.9 Å². The number of ketones is 1. The molecule has 1 aromatic rings. The third-order valence-corrected chi connectivity index (χ3v) is 2.32. The van der Waals surface area contributed by atoms with Gasteiger partial charge in [0.15, 0.2) is 5.78 Å². The number of amides is 2. The number of carbonyl (C=O) groups excluding carboxylic acids is 3. The van der Waals surface area contributed by atoms with Crippen molar-refractivity contribution >= 4 is 23.3 Å². The normalized spacial score (nSPS) is 9.79. The van der Waals surface area contributed by atoms with Crippen molar-refractivity contribution < 1.29 is 19.1 Å². The second-order valence-corrected chi connectivity index (χ2v) is 3.84. The summed E-state index contributed by atoms with van der Waals surface area (Å²) in [7, 11) is 1.50. The minimum Gasteiger partial charge on any atom is -0.383 e. The molecule has 19 heavy (non-hydrogen) atoms. The second kappa shape index (κ2) is 7.27. The zero-order valence-corrected chi connectivity index (χ0v) is 10.9. The van der Waals surface area contributed by atoms with Crippen molar-refractivity contribution in [3.63, 3.8) is 0 Å². The van der Waals surface area contributed by atoms with Crippen molar-refractivity contribution in [2.24, 2.45) is 0 Å². The summed E-state index contributed by atoms with van der Waals surface area (Å²) in [6, 6.07) is 6.39. The molecule has 0 bridgehead atoms. The van der Waals surface area contributed by atoms with Crippen LogP contribution in [0.4, 0.5) is 5.69 Å². The van der Waals surface area contributed by atoms with Gasteiger partial charge in [-0.2, -0.15) is 0 Å². The van der Waals surface area contributed by atoms with Crippen LogP contribution in [0.15, 0.2) is 24.3 Å². The van der Waals surface area contributed by atoms with Gasteiger partial charge in [0.1, 0.15) is 0 Å². The maximum atomic E-state index is 11.5. The maximum Gasteiger partial charge on any atom is 0.313 e. The van der Waals surface area contributed by atoms with E-state index < -0.39 is 11.8 Å². The van der Waals surface area contributed by atoms with E-state index in [0.717, 1.165) is 0 Å². The molecule has 0 aliphatic heterocycles. The van der Waals surface area contributed by atoms with E-state index >= 15 is 0 Å². The van der Waals surface area contributed by atoms with Crippen LogP contribution in [0.3, 0.4) is 0 Å². The van der Waals surface area contributed by atoms with Crippen molar-refractivity contribution in [3.05, 3.63) is 29.8 Å². The number of anilines is 1. The summed E-state index contributed by atoms with van der Waals surface area (Å²) in [4.78, 5) is 34.1. The van der Waals surface area contributed by atoms with Gasteiger partial charge in [0.2, 0.25) is 0 Å². The smallest absolute Gasteiger partial charge is 0.313 e. The van der Waals surface area contributed by atoms with Crippen molar-refractivity contribution in [1.29, 1.82) is 0 Å². The van der Waals surface area contributed by atoms with Crippen LogP contribution >= 0.6 is 0 Å². The van der Waals surface area contributed by atoms with E-state index in [1.807, 2.05) is 0 Å². The molecule has 0 unspecified atom stereocenters. The van der Waals surface area contributed by atoms with Gasteiger partial charge >= 0.3 is 11.8 Å². The van der Waals surface area contributed by atoms with Crippen molar-refractivity contribution in [1.82, 2.24) is 5.32 Å². The van der Waals surface area contributed by atoms with E-state index in [4.69, 9.17) is 4.74 Å². The van der Waals surface area contributed by atoms with Crippen LogP contribution in [0.1, 0.15) is 17.3 Å². The quantitative estimate of drug-likeness (QED) is 0.463. The maximum absolute atomic E-state index is 11.5. The first-order valence-electron chi connectivity index (χ1n) is 5.73. The standard InChI is InChI=1S/C13H16N2O4/c1-9(16)10-4-3-5-11(8-10)15-13(18)12(17)14-6-7-19-2/h3-5,8H,6-7H2,1-2H3,(H,14,17)(H,15,18). The minimum atomic E-state index is -0.781. The highest BCUT2D eigenvalue weighted by Crippen LogP contribution is 2.10. The van der Waals surface area contributed by atoms with Crippen LogP contribution in [-0.4, -0.2) is 37.9 Å². The largest absolute Gasteiger partial charge is 0.383 e. The average Bonchev–Trinajstić information content (AvgIpc) is 2.39. The molecular formula is C13H16N2O4.